The zero-order valence-corrected chi connectivity index (χ0v) is 13.8. The largest absolute Gasteiger partial charge is 0.480 e. The van der Waals surface area contributed by atoms with E-state index in [0.29, 0.717) is 6.54 Å². The molecule has 0 saturated heterocycles. The highest BCUT2D eigenvalue weighted by atomic mass is 79.9. The fraction of sp³-hybridized carbons (Fsp3) is 0.333. The minimum atomic E-state index is -0.856. The summed E-state index contributed by atoms with van der Waals surface area (Å²) in [6.07, 6.45) is 0. The Bertz CT molecular complexity index is 650. The molecule has 0 fully saturated rings. The Balaban J connectivity index is 2.25. The van der Waals surface area contributed by atoms with Crippen LogP contribution in [0.3, 0.4) is 0 Å². The lowest BCUT2D eigenvalue weighted by Gasteiger charge is -2.10. The standard InChI is InChI=1S/C15H18BrN3O2/c1-9-14(8-17-10(2)15(20)21)11(3)19(18-9)13-6-4-12(16)5-7-13/h4-7,10,17H,8H2,1-3H3,(H,20,21). The number of aryl methyl sites for hydroxylation is 1. The lowest BCUT2D eigenvalue weighted by Crippen LogP contribution is -2.33. The number of nitrogens with one attached hydrogen (secondary N) is 1. The van der Waals surface area contributed by atoms with Gasteiger partial charge in [0.2, 0.25) is 0 Å². The summed E-state index contributed by atoms with van der Waals surface area (Å²) in [6, 6.07) is 7.33. The van der Waals surface area contributed by atoms with Gasteiger partial charge < -0.3 is 10.4 Å². The van der Waals surface area contributed by atoms with E-state index >= 15 is 0 Å². The molecule has 1 aromatic carbocycles. The summed E-state index contributed by atoms with van der Waals surface area (Å²) in [5, 5.41) is 16.5. The van der Waals surface area contributed by atoms with Gasteiger partial charge in [-0.05, 0) is 45.0 Å². The summed E-state index contributed by atoms with van der Waals surface area (Å²) >= 11 is 3.42. The van der Waals surface area contributed by atoms with E-state index in [4.69, 9.17) is 5.11 Å². The van der Waals surface area contributed by atoms with Crippen LogP contribution in [-0.4, -0.2) is 26.9 Å². The fourth-order valence-electron chi connectivity index (χ4n) is 2.11. The highest BCUT2D eigenvalue weighted by Gasteiger charge is 2.15. The predicted molar refractivity (Wildman–Crippen MR) is 84.7 cm³/mol. The minimum absolute atomic E-state index is 0.488. The lowest BCUT2D eigenvalue weighted by atomic mass is 10.2. The summed E-state index contributed by atoms with van der Waals surface area (Å²) in [4.78, 5) is 10.9. The molecule has 0 spiro atoms. The van der Waals surface area contributed by atoms with Gasteiger partial charge in [0, 0.05) is 22.3 Å². The molecule has 0 saturated carbocycles. The second-order valence-electron chi connectivity index (χ2n) is 4.98. The SMILES string of the molecule is Cc1nn(-c2ccc(Br)cc2)c(C)c1CNC(C)C(=O)O. The summed E-state index contributed by atoms with van der Waals surface area (Å²) in [5.74, 6) is -0.856. The van der Waals surface area contributed by atoms with Crippen molar-refractivity contribution in [1.82, 2.24) is 15.1 Å². The van der Waals surface area contributed by atoms with Crippen molar-refractivity contribution in [3.05, 3.63) is 45.7 Å². The van der Waals surface area contributed by atoms with Crippen LogP contribution in [-0.2, 0) is 11.3 Å². The van der Waals surface area contributed by atoms with E-state index in [1.54, 1.807) is 6.92 Å². The van der Waals surface area contributed by atoms with Crippen LogP contribution in [0.4, 0.5) is 0 Å². The highest BCUT2D eigenvalue weighted by molar-refractivity contribution is 9.10. The van der Waals surface area contributed by atoms with Crippen LogP contribution in [0, 0.1) is 13.8 Å². The molecule has 112 valence electrons. The molecule has 21 heavy (non-hydrogen) atoms. The molecular weight excluding hydrogens is 334 g/mol. The molecule has 2 N–H and O–H groups in total. The van der Waals surface area contributed by atoms with Gasteiger partial charge in [0.1, 0.15) is 6.04 Å². The average molecular weight is 352 g/mol. The fourth-order valence-corrected chi connectivity index (χ4v) is 2.37. The number of carbonyl (C=O) groups is 1. The molecule has 0 radical (unpaired) electrons. The molecule has 1 aromatic heterocycles. The number of carboxylic acid groups (broad SMARTS) is 1. The highest BCUT2D eigenvalue weighted by Crippen LogP contribution is 2.19. The van der Waals surface area contributed by atoms with Crippen LogP contribution in [0.2, 0.25) is 0 Å². The average Bonchev–Trinajstić information content (AvgIpc) is 2.72. The Kier molecular flexibility index (Phi) is 4.80. The molecule has 1 atom stereocenters. The number of hydrogen-bond donors (Lipinski definition) is 2. The Morgan fingerprint density at radius 3 is 2.57 bits per heavy atom. The molecule has 1 heterocycles. The van der Waals surface area contributed by atoms with Crippen molar-refractivity contribution >= 4 is 21.9 Å². The Hall–Kier alpha value is -1.66. The molecule has 0 aliphatic carbocycles. The summed E-state index contributed by atoms with van der Waals surface area (Å²) in [5.41, 5.74) is 3.93. The first kappa shape index (κ1) is 15.7. The molecular formula is C15H18BrN3O2. The Labute approximate surface area is 132 Å². The maximum Gasteiger partial charge on any atom is 0.320 e. The zero-order valence-electron chi connectivity index (χ0n) is 12.2. The van der Waals surface area contributed by atoms with Gasteiger partial charge in [0.05, 0.1) is 11.4 Å². The summed E-state index contributed by atoms with van der Waals surface area (Å²) in [6.45, 7) is 6.04. The molecule has 0 bridgehead atoms. The van der Waals surface area contributed by atoms with Crippen LogP contribution in [0.5, 0.6) is 0 Å². The minimum Gasteiger partial charge on any atom is -0.480 e. The van der Waals surface area contributed by atoms with Gasteiger partial charge >= 0.3 is 5.97 Å². The van der Waals surface area contributed by atoms with Gasteiger partial charge in [-0.1, -0.05) is 15.9 Å². The van der Waals surface area contributed by atoms with Crippen LogP contribution >= 0.6 is 15.9 Å². The van der Waals surface area contributed by atoms with Crippen LogP contribution < -0.4 is 5.32 Å². The van der Waals surface area contributed by atoms with E-state index in [0.717, 1.165) is 27.1 Å². The summed E-state index contributed by atoms with van der Waals surface area (Å²) in [7, 11) is 0. The van der Waals surface area contributed by atoms with Crippen molar-refractivity contribution in [3.63, 3.8) is 0 Å². The molecule has 2 rings (SSSR count). The number of rotatable bonds is 5. The molecule has 1 unspecified atom stereocenters. The van der Waals surface area contributed by atoms with E-state index < -0.39 is 12.0 Å². The molecule has 0 aliphatic heterocycles. The van der Waals surface area contributed by atoms with Crippen LogP contribution in [0.1, 0.15) is 23.9 Å². The maximum atomic E-state index is 10.9. The van der Waals surface area contributed by atoms with Gasteiger partial charge in [-0.15, -0.1) is 0 Å². The lowest BCUT2D eigenvalue weighted by molar-refractivity contribution is -0.139. The van der Waals surface area contributed by atoms with Crippen molar-refractivity contribution in [2.24, 2.45) is 0 Å². The third-order valence-corrected chi connectivity index (χ3v) is 4.00. The van der Waals surface area contributed by atoms with Crippen molar-refractivity contribution in [2.75, 3.05) is 0 Å². The zero-order chi connectivity index (χ0) is 15.6. The first-order chi connectivity index (χ1) is 9.90. The molecule has 5 nitrogen and oxygen atoms in total. The molecule has 6 heteroatoms. The normalized spacial score (nSPS) is 12.4. The molecule has 2 aromatic rings. The van der Waals surface area contributed by atoms with Crippen LogP contribution in [0.15, 0.2) is 28.7 Å². The first-order valence-electron chi connectivity index (χ1n) is 6.67. The van der Waals surface area contributed by atoms with Crippen molar-refractivity contribution < 1.29 is 9.90 Å². The van der Waals surface area contributed by atoms with E-state index in [-0.39, 0.29) is 0 Å². The van der Waals surface area contributed by atoms with Crippen LogP contribution in [0.25, 0.3) is 5.69 Å². The summed E-state index contributed by atoms with van der Waals surface area (Å²) < 4.78 is 2.90. The Morgan fingerprint density at radius 2 is 2.00 bits per heavy atom. The third-order valence-electron chi connectivity index (χ3n) is 3.47. The topological polar surface area (TPSA) is 67.2 Å². The van der Waals surface area contributed by atoms with E-state index in [1.165, 1.54) is 0 Å². The monoisotopic (exact) mass is 351 g/mol. The van der Waals surface area contributed by atoms with Crippen molar-refractivity contribution in [1.29, 1.82) is 0 Å². The quantitative estimate of drug-likeness (QED) is 0.869. The third kappa shape index (κ3) is 3.51. The van der Waals surface area contributed by atoms with Gasteiger partial charge in [-0.25, -0.2) is 4.68 Å². The number of aliphatic carboxylic acids is 1. The predicted octanol–water partition coefficient (Wildman–Crippen LogP) is 2.81. The number of aromatic nitrogens is 2. The van der Waals surface area contributed by atoms with E-state index in [2.05, 4.69) is 26.3 Å². The number of benzene rings is 1. The second kappa shape index (κ2) is 6.41. The van der Waals surface area contributed by atoms with Crippen molar-refractivity contribution in [2.45, 2.75) is 33.4 Å². The Morgan fingerprint density at radius 1 is 1.38 bits per heavy atom. The number of nitrogens with zero attached hydrogens (tertiary/aromatic N) is 2. The second-order valence-corrected chi connectivity index (χ2v) is 5.89. The van der Waals surface area contributed by atoms with E-state index in [1.807, 2.05) is 42.8 Å². The number of hydrogen-bond acceptors (Lipinski definition) is 3. The number of carboxylic acids is 1. The number of halogens is 1. The first-order valence-corrected chi connectivity index (χ1v) is 7.46. The van der Waals surface area contributed by atoms with Crippen molar-refractivity contribution in [3.8, 4) is 5.69 Å². The molecule has 0 aliphatic rings. The smallest absolute Gasteiger partial charge is 0.320 e. The molecule has 0 amide bonds. The van der Waals surface area contributed by atoms with Gasteiger partial charge in [0.15, 0.2) is 0 Å². The van der Waals surface area contributed by atoms with Gasteiger partial charge in [0.25, 0.3) is 0 Å². The van der Waals surface area contributed by atoms with Gasteiger partial charge in [-0.2, -0.15) is 5.10 Å². The van der Waals surface area contributed by atoms with Gasteiger partial charge in [-0.3, -0.25) is 4.79 Å². The maximum absolute atomic E-state index is 10.9. The van der Waals surface area contributed by atoms with E-state index in [9.17, 15) is 4.79 Å².